The van der Waals surface area contributed by atoms with Gasteiger partial charge in [-0.3, -0.25) is 4.98 Å². The van der Waals surface area contributed by atoms with Gasteiger partial charge in [0.05, 0.1) is 0 Å². The normalized spacial score (nSPS) is 12.4. The third-order valence-corrected chi connectivity index (χ3v) is 4.70. The smallest absolute Gasteiger partial charge is 0.123 e. The maximum Gasteiger partial charge on any atom is 0.123 e. The van der Waals surface area contributed by atoms with Crippen molar-refractivity contribution in [2.45, 2.75) is 19.3 Å². The fourth-order valence-corrected chi connectivity index (χ4v) is 3.56. The molecule has 2 nitrogen and oxygen atoms in total. The van der Waals surface area contributed by atoms with Crippen LogP contribution in [0.15, 0.2) is 72.9 Å². The van der Waals surface area contributed by atoms with E-state index >= 15 is 0 Å². The van der Waals surface area contributed by atoms with Crippen LogP contribution in [0.25, 0.3) is 10.9 Å². The largest absolute Gasteiger partial charge is 0.358 e. The van der Waals surface area contributed by atoms with Crippen molar-refractivity contribution in [1.29, 1.82) is 0 Å². The first-order valence-corrected chi connectivity index (χ1v) is 8.45. The molecule has 0 radical (unpaired) electrons. The summed E-state index contributed by atoms with van der Waals surface area (Å²) in [6.07, 6.45) is 2.59. The standard InChI is InChI=1S/C22H19FN2/c1-15-22(19-7-2-3-8-21(19)25-15)20(14-18-6-4-5-13-24-18)16-9-11-17(23)12-10-16/h2-13,20,25H,14H2,1H3. The molecule has 0 saturated heterocycles. The Labute approximate surface area is 146 Å². The maximum atomic E-state index is 13.4. The molecule has 0 spiro atoms. The lowest BCUT2D eigenvalue weighted by Crippen LogP contribution is -2.07. The number of hydrogen-bond acceptors (Lipinski definition) is 1. The summed E-state index contributed by atoms with van der Waals surface area (Å²) in [5.74, 6) is -0.0948. The number of halogens is 1. The maximum absolute atomic E-state index is 13.4. The van der Waals surface area contributed by atoms with E-state index in [1.54, 1.807) is 0 Å². The molecule has 124 valence electrons. The molecule has 0 bridgehead atoms. The molecule has 3 heteroatoms. The Kier molecular flexibility index (Phi) is 4.06. The van der Waals surface area contributed by atoms with Crippen LogP contribution in [0.5, 0.6) is 0 Å². The molecule has 0 fully saturated rings. The van der Waals surface area contributed by atoms with Gasteiger partial charge in [-0.2, -0.15) is 0 Å². The molecule has 0 aliphatic rings. The molecule has 2 aromatic carbocycles. The lowest BCUT2D eigenvalue weighted by Gasteiger charge is -2.18. The molecular formula is C22H19FN2. The number of nitrogens with zero attached hydrogens (tertiary/aromatic N) is 1. The number of nitrogens with one attached hydrogen (secondary N) is 1. The van der Waals surface area contributed by atoms with Crippen LogP contribution in [-0.4, -0.2) is 9.97 Å². The quantitative estimate of drug-likeness (QED) is 0.534. The SMILES string of the molecule is Cc1[nH]c2ccccc2c1C(Cc1ccccn1)c1ccc(F)cc1. The minimum absolute atomic E-state index is 0.117. The average Bonchev–Trinajstić information content (AvgIpc) is 2.97. The third-order valence-electron chi connectivity index (χ3n) is 4.70. The first kappa shape index (κ1) is 15.6. The molecule has 0 aliphatic heterocycles. The van der Waals surface area contributed by atoms with Gasteiger partial charge in [-0.1, -0.05) is 36.4 Å². The first-order chi connectivity index (χ1) is 12.2. The molecule has 2 aromatic heterocycles. The Hall–Kier alpha value is -2.94. The molecule has 1 atom stereocenters. The molecule has 4 aromatic rings. The van der Waals surface area contributed by atoms with Crippen LogP contribution >= 0.6 is 0 Å². The summed E-state index contributed by atoms with van der Waals surface area (Å²) in [5.41, 5.74) is 5.66. The number of aromatic amines is 1. The molecule has 4 rings (SSSR count). The van der Waals surface area contributed by atoms with E-state index in [4.69, 9.17) is 0 Å². The Bertz CT molecular complexity index is 988. The van der Waals surface area contributed by atoms with Crippen molar-refractivity contribution in [2.75, 3.05) is 0 Å². The van der Waals surface area contributed by atoms with Crippen molar-refractivity contribution in [1.82, 2.24) is 9.97 Å². The number of para-hydroxylation sites is 1. The van der Waals surface area contributed by atoms with E-state index < -0.39 is 0 Å². The molecule has 0 amide bonds. The Balaban J connectivity index is 1.87. The number of hydrogen-bond donors (Lipinski definition) is 1. The van der Waals surface area contributed by atoms with Crippen LogP contribution < -0.4 is 0 Å². The Morgan fingerprint density at radius 2 is 1.72 bits per heavy atom. The summed E-state index contributed by atoms with van der Waals surface area (Å²) in [5, 5.41) is 1.21. The average molecular weight is 330 g/mol. The summed E-state index contributed by atoms with van der Waals surface area (Å²) in [6, 6.07) is 21.1. The van der Waals surface area contributed by atoms with Crippen molar-refractivity contribution in [2.24, 2.45) is 0 Å². The minimum Gasteiger partial charge on any atom is -0.358 e. The summed E-state index contributed by atoms with van der Waals surface area (Å²) in [6.45, 7) is 2.10. The van der Waals surface area contributed by atoms with Gasteiger partial charge in [0.25, 0.3) is 0 Å². The lowest BCUT2D eigenvalue weighted by molar-refractivity contribution is 0.626. The zero-order valence-electron chi connectivity index (χ0n) is 14.0. The second kappa shape index (κ2) is 6.52. The van der Waals surface area contributed by atoms with Gasteiger partial charge in [-0.15, -0.1) is 0 Å². The second-order valence-electron chi connectivity index (χ2n) is 6.34. The van der Waals surface area contributed by atoms with Crippen LogP contribution in [0.2, 0.25) is 0 Å². The number of benzene rings is 2. The van der Waals surface area contributed by atoms with Crippen molar-refractivity contribution < 1.29 is 4.39 Å². The van der Waals surface area contributed by atoms with Crippen LogP contribution in [-0.2, 0) is 6.42 Å². The summed E-state index contributed by atoms with van der Waals surface area (Å²) in [4.78, 5) is 7.98. The van der Waals surface area contributed by atoms with E-state index in [2.05, 4.69) is 35.1 Å². The predicted molar refractivity (Wildman–Crippen MR) is 99.2 cm³/mol. The highest BCUT2D eigenvalue weighted by Gasteiger charge is 2.21. The van der Waals surface area contributed by atoms with Gasteiger partial charge in [0.2, 0.25) is 0 Å². The monoisotopic (exact) mass is 330 g/mol. The molecule has 0 saturated carbocycles. The van der Waals surface area contributed by atoms with Crippen molar-refractivity contribution >= 4 is 10.9 Å². The van der Waals surface area contributed by atoms with E-state index in [0.717, 1.165) is 28.9 Å². The highest BCUT2D eigenvalue weighted by molar-refractivity contribution is 5.85. The minimum atomic E-state index is -0.212. The summed E-state index contributed by atoms with van der Waals surface area (Å²) >= 11 is 0. The first-order valence-electron chi connectivity index (χ1n) is 8.45. The Morgan fingerprint density at radius 1 is 0.960 bits per heavy atom. The number of fused-ring (bicyclic) bond motifs is 1. The van der Waals surface area contributed by atoms with Crippen molar-refractivity contribution in [3.8, 4) is 0 Å². The van der Waals surface area contributed by atoms with Gasteiger partial charge in [0.15, 0.2) is 0 Å². The van der Waals surface area contributed by atoms with Gasteiger partial charge in [-0.05, 0) is 48.4 Å². The van der Waals surface area contributed by atoms with Gasteiger partial charge >= 0.3 is 0 Å². The van der Waals surface area contributed by atoms with E-state index in [1.807, 2.05) is 42.6 Å². The fraction of sp³-hybridized carbons (Fsp3) is 0.136. The second-order valence-corrected chi connectivity index (χ2v) is 6.34. The van der Waals surface area contributed by atoms with Crippen LogP contribution in [0.1, 0.15) is 28.4 Å². The predicted octanol–water partition coefficient (Wildman–Crippen LogP) is 5.39. The Morgan fingerprint density at radius 3 is 2.48 bits per heavy atom. The van der Waals surface area contributed by atoms with Crippen LogP contribution in [0.4, 0.5) is 4.39 Å². The van der Waals surface area contributed by atoms with Crippen molar-refractivity contribution in [3.63, 3.8) is 0 Å². The fourth-order valence-electron chi connectivity index (χ4n) is 3.56. The van der Waals surface area contributed by atoms with E-state index in [-0.39, 0.29) is 11.7 Å². The number of aryl methyl sites for hydroxylation is 1. The third kappa shape index (κ3) is 3.05. The number of pyridine rings is 1. The van der Waals surface area contributed by atoms with Crippen LogP contribution in [0, 0.1) is 12.7 Å². The van der Waals surface area contributed by atoms with Gasteiger partial charge < -0.3 is 4.98 Å². The number of aromatic nitrogens is 2. The highest BCUT2D eigenvalue weighted by Crippen LogP contribution is 2.35. The molecule has 25 heavy (non-hydrogen) atoms. The van der Waals surface area contributed by atoms with E-state index in [9.17, 15) is 4.39 Å². The lowest BCUT2D eigenvalue weighted by atomic mass is 9.85. The zero-order chi connectivity index (χ0) is 17.2. The van der Waals surface area contributed by atoms with Gasteiger partial charge in [-0.25, -0.2) is 4.39 Å². The van der Waals surface area contributed by atoms with Gasteiger partial charge in [0.1, 0.15) is 5.82 Å². The summed E-state index contributed by atoms with van der Waals surface area (Å²) in [7, 11) is 0. The molecule has 0 aliphatic carbocycles. The molecular weight excluding hydrogens is 311 g/mol. The van der Waals surface area contributed by atoms with Gasteiger partial charge in [0, 0.05) is 40.8 Å². The van der Waals surface area contributed by atoms with Crippen LogP contribution in [0.3, 0.4) is 0 Å². The number of H-pyrrole nitrogens is 1. The van der Waals surface area contributed by atoms with E-state index in [1.165, 1.54) is 23.1 Å². The number of rotatable bonds is 4. The summed E-state index contributed by atoms with van der Waals surface area (Å²) < 4.78 is 13.4. The van der Waals surface area contributed by atoms with Crippen molar-refractivity contribution in [3.05, 3.63) is 101 Å². The molecule has 2 heterocycles. The van der Waals surface area contributed by atoms with E-state index in [0.29, 0.717) is 0 Å². The zero-order valence-corrected chi connectivity index (χ0v) is 14.0. The topological polar surface area (TPSA) is 28.7 Å². The molecule has 1 unspecified atom stereocenters. The highest BCUT2D eigenvalue weighted by atomic mass is 19.1. The molecule has 1 N–H and O–H groups in total.